The summed E-state index contributed by atoms with van der Waals surface area (Å²) in [6.45, 7) is 9.65. The third kappa shape index (κ3) is 3.73. The summed E-state index contributed by atoms with van der Waals surface area (Å²) in [6, 6.07) is 8.04. The Morgan fingerprint density at radius 1 is 1.34 bits per heavy atom. The second-order valence-electron chi connectivity index (χ2n) is 9.03. The average Bonchev–Trinajstić information content (AvgIpc) is 3.22. The lowest BCUT2D eigenvalue weighted by atomic mass is 9.88. The number of nitrogens with zero attached hydrogens (tertiary/aromatic N) is 3. The van der Waals surface area contributed by atoms with Crippen LogP contribution in [0.15, 0.2) is 36.7 Å². The van der Waals surface area contributed by atoms with Crippen molar-refractivity contribution in [3.63, 3.8) is 0 Å². The molecule has 29 heavy (non-hydrogen) atoms. The molecule has 0 spiro atoms. The van der Waals surface area contributed by atoms with Gasteiger partial charge < -0.3 is 20.8 Å². The molecule has 7 nitrogen and oxygen atoms in total. The Bertz CT molecular complexity index is 1040. The molecule has 0 aromatic carbocycles. The second kappa shape index (κ2) is 7.09. The molecule has 0 amide bonds. The standard InChI is InChI=1S/C22H29N5O2/c1-21(2)13-23-10-18(21)26-19-7-5-6-16(25-19)17-9-24-20-8-14(12-28)15(11-27(17)20)22(3,4)29/h5-9,11,18,23,28-29H,10,12-13H2,1-4H3,(H,25,26). The van der Waals surface area contributed by atoms with Gasteiger partial charge in [-0.15, -0.1) is 0 Å². The van der Waals surface area contributed by atoms with Gasteiger partial charge in [-0.3, -0.25) is 4.40 Å². The van der Waals surface area contributed by atoms with Crippen LogP contribution in [-0.2, 0) is 12.2 Å². The molecule has 1 aliphatic rings. The van der Waals surface area contributed by atoms with E-state index in [2.05, 4.69) is 29.5 Å². The lowest BCUT2D eigenvalue weighted by Crippen LogP contribution is -2.34. The molecule has 1 saturated heterocycles. The smallest absolute Gasteiger partial charge is 0.137 e. The highest BCUT2D eigenvalue weighted by Crippen LogP contribution is 2.30. The van der Waals surface area contributed by atoms with E-state index in [0.717, 1.165) is 30.3 Å². The summed E-state index contributed by atoms with van der Waals surface area (Å²) < 4.78 is 1.92. The van der Waals surface area contributed by atoms with Gasteiger partial charge in [-0.05, 0) is 43.0 Å². The van der Waals surface area contributed by atoms with Crippen LogP contribution in [0.2, 0.25) is 0 Å². The highest BCUT2D eigenvalue weighted by atomic mass is 16.3. The minimum atomic E-state index is -1.08. The van der Waals surface area contributed by atoms with Gasteiger partial charge in [0.2, 0.25) is 0 Å². The van der Waals surface area contributed by atoms with Crippen molar-refractivity contribution in [2.75, 3.05) is 18.4 Å². The van der Waals surface area contributed by atoms with Gasteiger partial charge in [-0.25, -0.2) is 9.97 Å². The van der Waals surface area contributed by atoms with Crippen LogP contribution in [0.5, 0.6) is 0 Å². The molecule has 3 aromatic rings. The summed E-state index contributed by atoms with van der Waals surface area (Å²) in [7, 11) is 0. The molecule has 1 aliphatic heterocycles. The normalized spacial score (nSPS) is 19.0. The molecule has 154 valence electrons. The molecule has 1 fully saturated rings. The molecular formula is C22H29N5O2. The first-order chi connectivity index (χ1) is 13.7. The molecule has 7 heteroatoms. The molecular weight excluding hydrogens is 366 g/mol. The zero-order valence-corrected chi connectivity index (χ0v) is 17.4. The molecule has 4 N–H and O–H groups in total. The SMILES string of the molecule is CC(C)(O)c1cn2c(-c3cccc(NC4CNCC4(C)C)n3)cnc2cc1CO. The Hall–Kier alpha value is -2.48. The highest BCUT2D eigenvalue weighted by Gasteiger charge is 2.34. The van der Waals surface area contributed by atoms with Crippen molar-refractivity contribution >= 4 is 11.5 Å². The van der Waals surface area contributed by atoms with E-state index in [4.69, 9.17) is 4.98 Å². The fourth-order valence-electron chi connectivity index (χ4n) is 3.96. The van der Waals surface area contributed by atoms with Crippen molar-refractivity contribution in [2.45, 2.75) is 45.9 Å². The first kappa shape index (κ1) is 19.8. The van der Waals surface area contributed by atoms with Gasteiger partial charge in [-0.1, -0.05) is 19.9 Å². The Morgan fingerprint density at radius 2 is 2.14 bits per heavy atom. The highest BCUT2D eigenvalue weighted by molar-refractivity contribution is 5.63. The van der Waals surface area contributed by atoms with Gasteiger partial charge >= 0.3 is 0 Å². The topological polar surface area (TPSA) is 94.7 Å². The number of imidazole rings is 1. The van der Waals surface area contributed by atoms with Gasteiger partial charge in [0.05, 0.1) is 29.8 Å². The van der Waals surface area contributed by atoms with E-state index >= 15 is 0 Å². The van der Waals surface area contributed by atoms with Crippen LogP contribution in [0.3, 0.4) is 0 Å². The van der Waals surface area contributed by atoms with Crippen molar-refractivity contribution in [1.29, 1.82) is 0 Å². The Morgan fingerprint density at radius 3 is 2.79 bits per heavy atom. The minimum absolute atomic E-state index is 0.152. The van der Waals surface area contributed by atoms with E-state index in [-0.39, 0.29) is 12.0 Å². The van der Waals surface area contributed by atoms with Crippen molar-refractivity contribution in [3.8, 4) is 11.4 Å². The second-order valence-corrected chi connectivity index (χ2v) is 9.03. The van der Waals surface area contributed by atoms with Crippen LogP contribution < -0.4 is 10.6 Å². The largest absolute Gasteiger partial charge is 0.392 e. The van der Waals surface area contributed by atoms with Gasteiger partial charge in [0.15, 0.2) is 0 Å². The maximum Gasteiger partial charge on any atom is 0.137 e. The monoisotopic (exact) mass is 395 g/mol. The van der Waals surface area contributed by atoms with Crippen molar-refractivity contribution in [1.82, 2.24) is 19.7 Å². The predicted octanol–water partition coefficient (Wildman–Crippen LogP) is 2.53. The summed E-state index contributed by atoms with van der Waals surface area (Å²) >= 11 is 0. The molecule has 0 radical (unpaired) electrons. The maximum atomic E-state index is 10.5. The Labute approximate surface area is 170 Å². The quantitative estimate of drug-likeness (QED) is 0.530. The number of aromatic nitrogens is 3. The van der Waals surface area contributed by atoms with Crippen LogP contribution in [0, 0.1) is 5.41 Å². The summed E-state index contributed by atoms with van der Waals surface area (Å²) in [5, 5.41) is 27.2. The Balaban J connectivity index is 1.73. The number of rotatable bonds is 5. The van der Waals surface area contributed by atoms with E-state index < -0.39 is 5.60 Å². The number of fused-ring (bicyclic) bond motifs is 1. The fourth-order valence-corrected chi connectivity index (χ4v) is 3.96. The van der Waals surface area contributed by atoms with Crippen LogP contribution in [0.1, 0.15) is 38.8 Å². The van der Waals surface area contributed by atoms with Crippen molar-refractivity contribution < 1.29 is 10.2 Å². The van der Waals surface area contributed by atoms with Gasteiger partial charge in [0.1, 0.15) is 11.5 Å². The zero-order valence-electron chi connectivity index (χ0n) is 17.4. The van der Waals surface area contributed by atoms with Crippen molar-refractivity contribution in [2.24, 2.45) is 5.41 Å². The molecule has 0 aliphatic carbocycles. The lowest BCUT2D eigenvalue weighted by molar-refractivity contribution is 0.0755. The molecule has 0 bridgehead atoms. The van der Waals surface area contributed by atoms with Gasteiger partial charge in [0.25, 0.3) is 0 Å². The van der Waals surface area contributed by atoms with Crippen LogP contribution in [0.25, 0.3) is 17.0 Å². The van der Waals surface area contributed by atoms with E-state index in [0.29, 0.717) is 22.8 Å². The number of anilines is 1. The Kier molecular flexibility index (Phi) is 4.85. The zero-order chi connectivity index (χ0) is 20.8. The first-order valence-corrected chi connectivity index (χ1v) is 9.97. The first-order valence-electron chi connectivity index (χ1n) is 9.97. The van der Waals surface area contributed by atoms with Crippen molar-refractivity contribution in [3.05, 3.63) is 47.8 Å². The summed E-state index contributed by atoms with van der Waals surface area (Å²) in [5.74, 6) is 0.828. The molecule has 1 unspecified atom stereocenters. The van der Waals surface area contributed by atoms with E-state index in [1.54, 1.807) is 20.0 Å². The number of pyridine rings is 2. The summed E-state index contributed by atoms with van der Waals surface area (Å²) in [4.78, 5) is 9.30. The molecule has 4 rings (SSSR count). The van der Waals surface area contributed by atoms with Gasteiger partial charge in [0, 0.05) is 30.9 Å². The number of nitrogens with one attached hydrogen (secondary N) is 2. The predicted molar refractivity (Wildman–Crippen MR) is 114 cm³/mol. The van der Waals surface area contributed by atoms with E-state index in [1.165, 1.54) is 0 Å². The van der Waals surface area contributed by atoms with Crippen LogP contribution in [-0.4, -0.2) is 43.7 Å². The maximum absolute atomic E-state index is 10.5. The van der Waals surface area contributed by atoms with Gasteiger partial charge in [-0.2, -0.15) is 0 Å². The number of hydrogen-bond acceptors (Lipinski definition) is 6. The lowest BCUT2D eigenvalue weighted by Gasteiger charge is -2.27. The fraction of sp³-hybridized carbons (Fsp3) is 0.455. The van der Waals surface area contributed by atoms with Crippen LogP contribution >= 0.6 is 0 Å². The third-order valence-electron chi connectivity index (χ3n) is 5.77. The molecule has 4 heterocycles. The molecule has 1 atom stereocenters. The molecule has 0 saturated carbocycles. The summed E-state index contributed by atoms with van der Waals surface area (Å²) in [6.07, 6.45) is 3.62. The number of aliphatic hydroxyl groups is 2. The average molecular weight is 396 g/mol. The van der Waals surface area contributed by atoms with Crippen LogP contribution in [0.4, 0.5) is 5.82 Å². The summed E-state index contributed by atoms with van der Waals surface area (Å²) in [5.41, 5.74) is 2.75. The number of hydrogen-bond donors (Lipinski definition) is 4. The molecule has 3 aromatic heterocycles. The number of aliphatic hydroxyl groups excluding tert-OH is 1. The third-order valence-corrected chi connectivity index (χ3v) is 5.77. The van der Waals surface area contributed by atoms with E-state index in [9.17, 15) is 10.2 Å². The minimum Gasteiger partial charge on any atom is -0.392 e. The van der Waals surface area contributed by atoms with E-state index in [1.807, 2.05) is 34.9 Å².